The van der Waals surface area contributed by atoms with Crippen molar-refractivity contribution in [3.8, 4) is 0 Å². The van der Waals surface area contributed by atoms with Crippen molar-refractivity contribution in [2.75, 3.05) is 0 Å². The van der Waals surface area contributed by atoms with Crippen LogP contribution in [0.1, 0.15) is 20.7 Å². The van der Waals surface area contributed by atoms with E-state index in [2.05, 4.69) is 31.9 Å². The number of carbonyl (C=O) groups excluding carboxylic acids is 2. The molecule has 0 aliphatic carbocycles. The molecule has 0 fully saturated rings. The average molecular weight is 434 g/mol. The van der Waals surface area contributed by atoms with Crippen molar-refractivity contribution in [1.29, 1.82) is 0 Å². The molecule has 2 rings (SSSR count). The number of nitrogens with two attached hydrogens (primary N) is 1. The number of hydrazine groups is 1. The van der Waals surface area contributed by atoms with Crippen LogP contribution in [0.4, 0.5) is 8.78 Å². The summed E-state index contributed by atoms with van der Waals surface area (Å²) in [7, 11) is 0. The topological polar surface area (TPSA) is 63.4 Å². The lowest BCUT2D eigenvalue weighted by molar-refractivity contribution is 0.0610. The van der Waals surface area contributed by atoms with Crippen molar-refractivity contribution in [3.63, 3.8) is 0 Å². The maximum Gasteiger partial charge on any atom is 0.278 e. The van der Waals surface area contributed by atoms with Gasteiger partial charge >= 0.3 is 0 Å². The zero-order valence-corrected chi connectivity index (χ0v) is 14.0. The molecular weight excluding hydrogens is 426 g/mol. The van der Waals surface area contributed by atoms with Gasteiger partial charge in [-0.25, -0.2) is 19.6 Å². The predicted octanol–water partition coefficient (Wildman–Crippen LogP) is 3.65. The number of halogens is 4. The zero-order valence-electron chi connectivity index (χ0n) is 10.8. The van der Waals surface area contributed by atoms with E-state index in [9.17, 15) is 18.4 Å². The van der Waals surface area contributed by atoms with E-state index in [1.807, 2.05) is 0 Å². The Hall–Kier alpha value is -1.64. The number of hydrogen-bond acceptors (Lipinski definition) is 3. The van der Waals surface area contributed by atoms with Crippen LogP contribution in [-0.2, 0) is 0 Å². The second-order valence-electron chi connectivity index (χ2n) is 4.23. The average Bonchev–Trinajstić information content (AvgIpc) is 2.45. The molecule has 0 spiro atoms. The number of imide groups is 1. The summed E-state index contributed by atoms with van der Waals surface area (Å²) >= 11 is 6.09. The summed E-state index contributed by atoms with van der Waals surface area (Å²) in [5.41, 5.74) is -0.784. The molecule has 0 aliphatic heterocycles. The van der Waals surface area contributed by atoms with Gasteiger partial charge in [0.1, 0.15) is 11.6 Å². The van der Waals surface area contributed by atoms with Crippen molar-refractivity contribution >= 4 is 43.7 Å². The number of hydrogen-bond donors (Lipinski definition) is 1. The fourth-order valence-electron chi connectivity index (χ4n) is 1.68. The van der Waals surface area contributed by atoms with Crippen LogP contribution in [0, 0.1) is 11.6 Å². The molecule has 0 saturated carbocycles. The van der Waals surface area contributed by atoms with Crippen molar-refractivity contribution in [2.24, 2.45) is 5.84 Å². The molecule has 0 unspecified atom stereocenters. The third-order valence-corrected chi connectivity index (χ3v) is 3.75. The third kappa shape index (κ3) is 3.40. The largest absolute Gasteiger partial charge is 0.278 e. The Morgan fingerprint density at radius 1 is 0.864 bits per heavy atom. The fraction of sp³-hybridized carbons (Fsp3) is 0. The molecule has 2 aromatic rings. The maximum absolute atomic E-state index is 13.7. The molecule has 114 valence electrons. The number of amides is 2. The van der Waals surface area contributed by atoms with Gasteiger partial charge in [0.15, 0.2) is 0 Å². The number of nitrogens with zero attached hydrogens (tertiary/aromatic N) is 1. The Morgan fingerprint density at radius 2 is 1.23 bits per heavy atom. The van der Waals surface area contributed by atoms with Gasteiger partial charge < -0.3 is 0 Å². The van der Waals surface area contributed by atoms with Crippen LogP contribution >= 0.6 is 31.9 Å². The standard InChI is InChI=1S/C14H8Br2F2N2O2/c15-7-1-3-9(11(17)5-7)13(21)20(19)14(22)10-4-2-8(16)6-12(10)18/h1-6H,19H2. The highest BCUT2D eigenvalue weighted by atomic mass is 79.9. The molecule has 0 radical (unpaired) electrons. The number of carbonyl (C=O) groups is 2. The molecule has 0 aliphatic rings. The summed E-state index contributed by atoms with van der Waals surface area (Å²) in [5.74, 6) is 1.58. The Labute approximate surface area is 141 Å². The van der Waals surface area contributed by atoms with Gasteiger partial charge in [-0.3, -0.25) is 9.59 Å². The van der Waals surface area contributed by atoms with Gasteiger partial charge in [-0.1, -0.05) is 31.9 Å². The summed E-state index contributed by atoms with van der Waals surface area (Å²) in [6.07, 6.45) is 0. The fourth-order valence-corrected chi connectivity index (χ4v) is 2.34. The van der Waals surface area contributed by atoms with Crippen LogP contribution in [0.3, 0.4) is 0 Å². The molecule has 0 aromatic heterocycles. The molecular formula is C14H8Br2F2N2O2. The second kappa shape index (κ2) is 6.64. The summed E-state index contributed by atoms with van der Waals surface area (Å²) in [5, 5.41) is 0.179. The van der Waals surface area contributed by atoms with E-state index in [1.165, 1.54) is 24.3 Å². The molecule has 4 nitrogen and oxygen atoms in total. The van der Waals surface area contributed by atoms with Gasteiger partial charge in [0, 0.05) is 8.95 Å². The molecule has 2 aromatic carbocycles. The van der Waals surface area contributed by atoms with Crippen molar-refractivity contribution < 1.29 is 18.4 Å². The second-order valence-corrected chi connectivity index (χ2v) is 6.06. The first kappa shape index (κ1) is 16.7. The monoisotopic (exact) mass is 432 g/mol. The van der Waals surface area contributed by atoms with Gasteiger partial charge in [-0.05, 0) is 36.4 Å². The van der Waals surface area contributed by atoms with E-state index in [0.29, 0.717) is 8.95 Å². The normalized spacial score (nSPS) is 10.4. The van der Waals surface area contributed by atoms with E-state index in [1.54, 1.807) is 0 Å². The van der Waals surface area contributed by atoms with Gasteiger partial charge in [0.05, 0.1) is 11.1 Å². The molecule has 0 saturated heterocycles. The lowest BCUT2D eigenvalue weighted by Gasteiger charge is -2.15. The third-order valence-electron chi connectivity index (χ3n) is 2.76. The summed E-state index contributed by atoms with van der Waals surface area (Å²) in [6, 6.07) is 7.32. The zero-order chi connectivity index (χ0) is 16.4. The van der Waals surface area contributed by atoms with E-state index in [4.69, 9.17) is 5.84 Å². The first-order valence-corrected chi connectivity index (χ1v) is 7.43. The maximum atomic E-state index is 13.7. The molecule has 0 atom stereocenters. The van der Waals surface area contributed by atoms with Gasteiger partial charge in [0.2, 0.25) is 0 Å². The smallest absolute Gasteiger partial charge is 0.267 e. The lowest BCUT2D eigenvalue weighted by Crippen LogP contribution is -2.43. The summed E-state index contributed by atoms with van der Waals surface area (Å²) in [4.78, 5) is 24.1. The highest BCUT2D eigenvalue weighted by molar-refractivity contribution is 9.10. The minimum atomic E-state index is -1.07. The predicted molar refractivity (Wildman–Crippen MR) is 82.9 cm³/mol. The molecule has 22 heavy (non-hydrogen) atoms. The molecule has 8 heteroatoms. The van der Waals surface area contributed by atoms with Crippen molar-refractivity contribution in [2.45, 2.75) is 0 Å². The first-order valence-electron chi connectivity index (χ1n) is 5.85. The van der Waals surface area contributed by atoms with Crippen LogP contribution in [0.5, 0.6) is 0 Å². The van der Waals surface area contributed by atoms with Crippen LogP contribution < -0.4 is 5.84 Å². The summed E-state index contributed by atoms with van der Waals surface area (Å²) < 4.78 is 28.3. The highest BCUT2D eigenvalue weighted by Gasteiger charge is 2.25. The van der Waals surface area contributed by atoms with E-state index < -0.39 is 34.6 Å². The first-order chi connectivity index (χ1) is 10.3. The minimum absolute atomic E-state index is 0.179. The number of rotatable bonds is 2. The van der Waals surface area contributed by atoms with Crippen LogP contribution in [0.25, 0.3) is 0 Å². The Bertz CT molecular complexity index is 705. The lowest BCUT2D eigenvalue weighted by atomic mass is 10.1. The number of benzene rings is 2. The SMILES string of the molecule is NN(C(=O)c1ccc(Br)cc1F)C(=O)c1ccc(Br)cc1F. The molecule has 2 amide bonds. The Morgan fingerprint density at radius 3 is 1.55 bits per heavy atom. The molecule has 0 heterocycles. The van der Waals surface area contributed by atoms with E-state index in [0.717, 1.165) is 12.1 Å². The minimum Gasteiger partial charge on any atom is -0.267 e. The summed E-state index contributed by atoms with van der Waals surface area (Å²) in [6.45, 7) is 0. The van der Waals surface area contributed by atoms with Gasteiger partial charge in [-0.15, -0.1) is 0 Å². The van der Waals surface area contributed by atoms with E-state index in [-0.39, 0.29) is 5.01 Å². The Kier molecular flexibility index (Phi) is 5.05. The van der Waals surface area contributed by atoms with Crippen molar-refractivity contribution in [3.05, 3.63) is 68.1 Å². The van der Waals surface area contributed by atoms with Crippen molar-refractivity contribution in [1.82, 2.24) is 5.01 Å². The Balaban J connectivity index is 2.32. The van der Waals surface area contributed by atoms with E-state index >= 15 is 0 Å². The van der Waals surface area contributed by atoms with Crippen LogP contribution in [0.15, 0.2) is 45.3 Å². The van der Waals surface area contributed by atoms with Crippen LogP contribution in [-0.4, -0.2) is 16.8 Å². The highest BCUT2D eigenvalue weighted by Crippen LogP contribution is 2.19. The van der Waals surface area contributed by atoms with Gasteiger partial charge in [0.25, 0.3) is 11.8 Å². The van der Waals surface area contributed by atoms with Gasteiger partial charge in [-0.2, -0.15) is 0 Å². The molecule has 0 bridgehead atoms. The molecule has 2 N–H and O–H groups in total. The quantitative estimate of drug-likeness (QED) is 0.340. The van der Waals surface area contributed by atoms with Crippen LogP contribution in [0.2, 0.25) is 0 Å².